The quantitative estimate of drug-likeness (QED) is 0.686. The van der Waals surface area contributed by atoms with Crippen LogP contribution in [0.4, 0.5) is 17.2 Å². The number of pyridine rings is 1. The Bertz CT molecular complexity index is 903. The highest BCUT2D eigenvalue weighted by atomic mass is 16.5. The lowest BCUT2D eigenvalue weighted by atomic mass is 9.93. The number of methoxy groups -OCH3 is 1. The first kappa shape index (κ1) is 16.6. The molecule has 0 unspecified atom stereocenters. The fourth-order valence-corrected chi connectivity index (χ4v) is 3.29. The van der Waals surface area contributed by atoms with Gasteiger partial charge < -0.3 is 15.4 Å². The first-order chi connectivity index (χ1) is 12.6. The Morgan fingerprint density at radius 3 is 2.81 bits per heavy atom. The van der Waals surface area contributed by atoms with E-state index in [9.17, 15) is 9.59 Å². The van der Waals surface area contributed by atoms with Gasteiger partial charge in [0.25, 0.3) is 0 Å². The monoisotopic (exact) mass is 351 g/mol. The summed E-state index contributed by atoms with van der Waals surface area (Å²) in [7, 11) is 1.62. The standard InChI is InChI=1S/C20H21N3O3/c1-3-15(24)14-10-21-19(23-20(25)11-7-8-11)13-9-12-5-4-6-16(26-2)17(12)22-18(13)14/h4-6,10-11,22H,3,7-9H2,1-2H3,(H,21,23,25). The maximum atomic E-state index is 12.4. The number of aromatic nitrogens is 1. The average molecular weight is 351 g/mol. The Hall–Kier alpha value is -2.89. The van der Waals surface area contributed by atoms with E-state index < -0.39 is 0 Å². The second kappa shape index (κ2) is 6.44. The van der Waals surface area contributed by atoms with Crippen molar-refractivity contribution in [3.05, 3.63) is 41.1 Å². The molecule has 1 saturated carbocycles. The van der Waals surface area contributed by atoms with Gasteiger partial charge in [0.2, 0.25) is 5.91 Å². The van der Waals surface area contributed by atoms with Crippen molar-refractivity contribution in [3.8, 4) is 5.75 Å². The van der Waals surface area contributed by atoms with Gasteiger partial charge in [0, 0.05) is 30.5 Å². The summed E-state index contributed by atoms with van der Waals surface area (Å²) in [5.74, 6) is 1.37. The second-order valence-corrected chi connectivity index (χ2v) is 6.71. The van der Waals surface area contributed by atoms with Crippen LogP contribution >= 0.6 is 0 Å². The van der Waals surface area contributed by atoms with Gasteiger partial charge in [0.15, 0.2) is 5.78 Å². The Morgan fingerprint density at radius 2 is 2.12 bits per heavy atom. The van der Waals surface area contributed by atoms with E-state index in [0.717, 1.165) is 41.1 Å². The maximum Gasteiger partial charge on any atom is 0.228 e. The van der Waals surface area contributed by atoms with E-state index in [-0.39, 0.29) is 17.6 Å². The van der Waals surface area contributed by atoms with Gasteiger partial charge in [0.1, 0.15) is 11.6 Å². The topological polar surface area (TPSA) is 80.3 Å². The SMILES string of the molecule is CCC(=O)c1cnc(NC(=O)C2CC2)c2c1Nc1c(cccc1OC)C2. The number of ketones is 1. The van der Waals surface area contributed by atoms with Crippen LogP contribution < -0.4 is 15.4 Å². The zero-order valence-electron chi connectivity index (χ0n) is 14.9. The summed E-state index contributed by atoms with van der Waals surface area (Å²) >= 11 is 0. The molecule has 1 aliphatic heterocycles. The van der Waals surface area contributed by atoms with Crippen molar-refractivity contribution < 1.29 is 14.3 Å². The fourth-order valence-electron chi connectivity index (χ4n) is 3.29. The third-order valence-corrected chi connectivity index (χ3v) is 4.94. The summed E-state index contributed by atoms with van der Waals surface area (Å²) < 4.78 is 5.46. The number of nitrogens with zero attached hydrogens (tertiary/aromatic N) is 1. The van der Waals surface area contributed by atoms with Gasteiger partial charge in [-0.25, -0.2) is 4.98 Å². The van der Waals surface area contributed by atoms with Crippen molar-refractivity contribution in [1.82, 2.24) is 4.98 Å². The van der Waals surface area contributed by atoms with Crippen LogP contribution in [0.2, 0.25) is 0 Å². The Morgan fingerprint density at radius 1 is 1.31 bits per heavy atom. The summed E-state index contributed by atoms with van der Waals surface area (Å²) in [5.41, 5.74) is 4.01. The Labute approximate surface area is 152 Å². The average Bonchev–Trinajstić information content (AvgIpc) is 3.51. The molecule has 1 aromatic carbocycles. The molecule has 2 N–H and O–H groups in total. The number of rotatable bonds is 5. The minimum Gasteiger partial charge on any atom is -0.495 e. The normalized spacial score (nSPS) is 14.7. The number of benzene rings is 1. The van der Waals surface area contributed by atoms with Crippen molar-refractivity contribution >= 4 is 28.9 Å². The summed E-state index contributed by atoms with van der Waals surface area (Å²) in [6.45, 7) is 1.83. The lowest BCUT2D eigenvalue weighted by Crippen LogP contribution is -2.20. The summed E-state index contributed by atoms with van der Waals surface area (Å²) in [6.07, 6.45) is 4.38. The van der Waals surface area contributed by atoms with Crippen LogP contribution in [0.1, 0.15) is 47.7 Å². The molecule has 2 aromatic rings. The largest absolute Gasteiger partial charge is 0.495 e. The molecule has 4 rings (SSSR count). The lowest BCUT2D eigenvalue weighted by molar-refractivity contribution is -0.117. The van der Waals surface area contributed by atoms with E-state index in [0.29, 0.717) is 24.2 Å². The van der Waals surface area contributed by atoms with Crippen molar-refractivity contribution in [2.45, 2.75) is 32.6 Å². The third-order valence-electron chi connectivity index (χ3n) is 4.94. The number of hydrogen-bond acceptors (Lipinski definition) is 5. The molecule has 1 amide bonds. The molecule has 2 heterocycles. The fraction of sp³-hybridized carbons (Fsp3) is 0.350. The van der Waals surface area contributed by atoms with Gasteiger partial charge in [-0.15, -0.1) is 0 Å². The highest BCUT2D eigenvalue weighted by Crippen LogP contribution is 2.43. The van der Waals surface area contributed by atoms with Crippen molar-refractivity contribution in [3.63, 3.8) is 0 Å². The van der Waals surface area contributed by atoms with Gasteiger partial charge in [-0.2, -0.15) is 0 Å². The predicted octanol–water partition coefficient (Wildman–Crippen LogP) is 3.68. The van der Waals surface area contributed by atoms with Crippen LogP contribution in [0.25, 0.3) is 0 Å². The molecule has 0 spiro atoms. The van der Waals surface area contributed by atoms with E-state index in [1.807, 2.05) is 25.1 Å². The van der Waals surface area contributed by atoms with Crippen molar-refractivity contribution in [2.75, 3.05) is 17.7 Å². The van der Waals surface area contributed by atoms with E-state index in [1.54, 1.807) is 13.3 Å². The number of fused-ring (bicyclic) bond motifs is 2. The first-order valence-corrected chi connectivity index (χ1v) is 8.91. The number of Topliss-reactive ketones (excluding diaryl/α,β-unsaturated/α-hetero) is 1. The van der Waals surface area contributed by atoms with E-state index in [4.69, 9.17) is 4.74 Å². The molecule has 0 radical (unpaired) electrons. The molecule has 0 saturated heterocycles. The number of carbonyl (C=O) groups excluding carboxylic acids is 2. The molecule has 1 aromatic heterocycles. The molecule has 134 valence electrons. The van der Waals surface area contributed by atoms with Gasteiger partial charge in [-0.3, -0.25) is 9.59 Å². The number of hydrogen-bond donors (Lipinski definition) is 2. The molecule has 6 nitrogen and oxygen atoms in total. The van der Waals surface area contributed by atoms with Crippen LogP contribution in [0.5, 0.6) is 5.75 Å². The van der Waals surface area contributed by atoms with Crippen LogP contribution in [0.3, 0.4) is 0 Å². The molecule has 1 fully saturated rings. The minimum atomic E-state index is 0.00528. The zero-order valence-corrected chi connectivity index (χ0v) is 14.9. The smallest absolute Gasteiger partial charge is 0.228 e. The van der Waals surface area contributed by atoms with Gasteiger partial charge in [-0.05, 0) is 24.5 Å². The molecule has 0 bridgehead atoms. The Balaban J connectivity index is 1.80. The summed E-state index contributed by atoms with van der Waals surface area (Å²) in [5, 5.41) is 6.31. The molecule has 6 heteroatoms. The highest BCUT2D eigenvalue weighted by molar-refractivity contribution is 6.05. The van der Waals surface area contributed by atoms with E-state index in [1.165, 1.54) is 0 Å². The second-order valence-electron chi connectivity index (χ2n) is 6.71. The number of para-hydroxylation sites is 1. The maximum absolute atomic E-state index is 12.4. The minimum absolute atomic E-state index is 0.00528. The number of ether oxygens (including phenoxy) is 1. The molecule has 1 aliphatic carbocycles. The zero-order chi connectivity index (χ0) is 18.3. The van der Waals surface area contributed by atoms with E-state index >= 15 is 0 Å². The summed E-state index contributed by atoms with van der Waals surface area (Å²) in [4.78, 5) is 29.0. The predicted molar refractivity (Wildman–Crippen MR) is 99.3 cm³/mol. The van der Waals surface area contributed by atoms with Crippen molar-refractivity contribution in [1.29, 1.82) is 0 Å². The van der Waals surface area contributed by atoms with Gasteiger partial charge in [0.05, 0.1) is 24.0 Å². The number of nitrogens with one attached hydrogen (secondary N) is 2. The lowest BCUT2D eigenvalue weighted by Gasteiger charge is -2.26. The van der Waals surface area contributed by atoms with Crippen LogP contribution in [0.15, 0.2) is 24.4 Å². The van der Waals surface area contributed by atoms with E-state index in [2.05, 4.69) is 15.6 Å². The van der Waals surface area contributed by atoms with Crippen LogP contribution in [-0.2, 0) is 11.2 Å². The first-order valence-electron chi connectivity index (χ1n) is 8.91. The van der Waals surface area contributed by atoms with Gasteiger partial charge >= 0.3 is 0 Å². The molecule has 2 aliphatic rings. The third kappa shape index (κ3) is 2.81. The number of amides is 1. The van der Waals surface area contributed by atoms with Crippen LogP contribution in [-0.4, -0.2) is 23.8 Å². The Kier molecular flexibility index (Phi) is 4.11. The number of anilines is 3. The molecular weight excluding hydrogens is 330 g/mol. The molecular formula is C20H21N3O3. The number of carbonyl (C=O) groups is 2. The van der Waals surface area contributed by atoms with Crippen LogP contribution in [0, 0.1) is 5.92 Å². The molecule has 0 atom stereocenters. The summed E-state index contributed by atoms with van der Waals surface area (Å²) in [6, 6.07) is 5.82. The van der Waals surface area contributed by atoms with Crippen molar-refractivity contribution in [2.24, 2.45) is 5.92 Å². The molecule has 26 heavy (non-hydrogen) atoms. The van der Waals surface area contributed by atoms with Gasteiger partial charge in [-0.1, -0.05) is 19.1 Å². The highest BCUT2D eigenvalue weighted by Gasteiger charge is 2.32.